The minimum atomic E-state index is -0.653. The highest BCUT2D eigenvalue weighted by molar-refractivity contribution is 9.10. The summed E-state index contributed by atoms with van der Waals surface area (Å²) < 4.78 is 0.913. The lowest BCUT2D eigenvalue weighted by Crippen LogP contribution is -2.49. The standard InChI is InChI=1S/C16H23BrN2O2/c1-15(2,3)10-16(4,5)19-14(21)13(20)18-12-8-6-11(17)7-9-12/h6-9H,10H2,1-5H3,(H,18,20)(H,19,21). The van der Waals surface area contributed by atoms with E-state index in [9.17, 15) is 9.59 Å². The van der Waals surface area contributed by atoms with Crippen LogP contribution in [0.25, 0.3) is 0 Å². The van der Waals surface area contributed by atoms with Crippen molar-refractivity contribution in [3.05, 3.63) is 28.7 Å². The van der Waals surface area contributed by atoms with Gasteiger partial charge in [-0.1, -0.05) is 36.7 Å². The van der Waals surface area contributed by atoms with E-state index in [1.165, 1.54) is 0 Å². The first-order valence-electron chi connectivity index (χ1n) is 6.88. The second-order valence-corrected chi connectivity index (χ2v) is 7.95. The van der Waals surface area contributed by atoms with Crippen molar-refractivity contribution in [1.29, 1.82) is 0 Å². The van der Waals surface area contributed by atoms with E-state index in [0.717, 1.165) is 10.9 Å². The van der Waals surface area contributed by atoms with Gasteiger partial charge in [-0.2, -0.15) is 0 Å². The Morgan fingerprint density at radius 2 is 1.52 bits per heavy atom. The Morgan fingerprint density at radius 3 is 2.00 bits per heavy atom. The molecule has 1 aromatic rings. The number of benzene rings is 1. The van der Waals surface area contributed by atoms with Gasteiger partial charge in [-0.05, 0) is 49.9 Å². The average molecular weight is 355 g/mol. The number of amides is 2. The molecule has 1 rings (SSSR count). The lowest BCUT2D eigenvalue weighted by Gasteiger charge is -2.33. The summed E-state index contributed by atoms with van der Waals surface area (Å²) in [6, 6.07) is 7.07. The maximum atomic E-state index is 12.0. The number of rotatable bonds is 3. The molecule has 2 N–H and O–H groups in total. The van der Waals surface area contributed by atoms with E-state index >= 15 is 0 Å². The van der Waals surface area contributed by atoms with Crippen molar-refractivity contribution in [3.8, 4) is 0 Å². The molecule has 0 saturated heterocycles. The van der Waals surface area contributed by atoms with Crippen LogP contribution in [0.4, 0.5) is 5.69 Å². The van der Waals surface area contributed by atoms with Crippen molar-refractivity contribution < 1.29 is 9.59 Å². The zero-order valence-corrected chi connectivity index (χ0v) is 14.8. The highest BCUT2D eigenvalue weighted by Crippen LogP contribution is 2.26. The molecule has 0 saturated carbocycles. The molecular formula is C16H23BrN2O2. The summed E-state index contributed by atoms with van der Waals surface area (Å²) in [5.41, 5.74) is 0.220. The third kappa shape index (κ3) is 6.76. The Hall–Kier alpha value is -1.36. The first-order chi connectivity index (χ1) is 9.48. The molecule has 0 aliphatic rings. The number of anilines is 1. The van der Waals surface area contributed by atoms with Crippen LogP contribution in [0.3, 0.4) is 0 Å². The van der Waals surface area contributed by atoms with Gasteiger partial charge < -0.3 is 10.6 Å². The molecule has 2 amide bonds. The van der Waals surface area contributed by atoms with E-state index in [1.54, 1.807) is 24.3 Å². The molecule has 1 aromatic carbocycles. The van der Waals surface area contributed by atoms with Crippen LogP contribution in [0.5, 0.6) is 0 Å². The van der Waals surface area contributed by atoms with Gasteiger partial charge in [0.25, 0.3) is 0 Å². The fraction of sp³-hybridized carbons (Fsp3) is 0.500. The molecule has 0 aromatic heterocycles. The summed E-state index contributed by atoms with van der Waals surface area (Å²) in [6.45, 7) is 10.1. The van der Waals surface area contributed by atoms with Gasteiger partial charge in [-0.3, -0.25) is 9.59 Å². The SMILES string of the molecule is CC(C)(C)CC(C)(C)NC(=O)C(=O)Nc1ccc(Br)cc1. The van der Waals surface area contributed by atoms with Gasteiger partial charge in [0.1, 0.15) is 0 Å². The minimum absolute atomic E-state index is 0.0684. The van der Waals surface area contributed by atoms with E-state index in [-0.39, 0.29) is 5.41 Å². The van der Waals surface area contributed by atoms with Crippen molar-refractivity contribution in [2.45, 2.75) is 46.6 Å². The number of hydrogen-bond donors (Lipinski definition) is 2. The van der Waals surface area contributed by atoms with Gasteiger partial charge in [0.05, 0.1) is 0 Å². The molecule has 0 aliphatic carbocycles. The quantitative estimate of drug-likeness (QED) is 0.812. The van der Waals surface area contributed by atoms with Crippen molar-refractivity contribution in [2.24, 2.45) is 5.41 Å². The van der Waals surface area contributed by atoms with Gasteiger partial charge >= 0.3 is 11.8 Å². The average Bonchev–Trinajstić information content (AvgIpc) is 2.28. The van der Waals surface area contributed by atoms with Gasteiger partial charge in [-0.15, -0.1) is 0 Å². The zero-order valence-electron chi connectivity index (χ0n) is 13.2. The van der Waals surface area contributed by atoms with Crippen molar-refractivity contribution in [2.75, 3.05) is 5.32 Å². The molecular weight excluding hydrogens is 332 g/mol. The fourth-order valence-corrected chi connectivity index (χ4v) is 2.72. The largest absolute Gasteiger partial charge is 0.343 e. The lowest BCUT2D eigenvalue weighted by atomic mass is 9.82. The summed E-state index contributed by atoms with van der Waals surface area (Å²) in [4.78, 5) is 23.9. The van der Waals surface area contributed by atoms with Gasteiger partial charge in [0.15, 0.2) is 0 Å². The maximum Gasteiger partial charge on any atom is 0.313 e. The summed E-state index contributed by atoms with van der Waals surface area (Å²) in [6.07, 6.45) is 0.775. The molecule has 0 atom stereocenters. The molecule has 0 spiro atoms. The van der Waals surface area contributed by atoms with E-state index in [2.05, 4.69) is 47.3 Å². The van der Waals surface area contributed by atoms with Crippen LogP contribution in [0.2, 0.25) is 0 Å². The summed E-state index contributed by atoms with van der Waals surface area (Å²) in [5.74, 6) is -1.27. The number of carbonyl (C=O) groups excluding carboxylic acids is 2. The predicted octanol–water partition coefficient (Wildman–Crippen LogP) is 3.72. The Kier molecular flexibility index (Phi) is 5.56. The van der Waals surface area contributed by atoms with Crippen LogP contribution < -0.4 is 10.6 Å². The summed E-state index contributed by atoms with van der Waals surface area (Å²) >= 11 is 3.32. The number of nitrogens with one attached hydrogen (secondary N) is 2. The van der Waals surface area contributed by atoms with Crippen LogP contribution in [0, 0.1) is 5.41 Å². The molecule has 0 fully saturated rings. The molecule has 116 valence electrons. The molecule has 0 unspecified atom stereocenters. The Morgan fingerprint density at radius 1 is 1.00 bits per heavy atom. The van der Waals surface area contributed by atoms with Crippen LogP contribution >= 0.6 is 15.9 Å². The first kappa shape index (κ1) is 17.7. The van der Waals surface area contributed by atoms with Crippen molar-refractivity contribution in [1.82, 2.24) is 5.32 Å². The number of hydrogen-bond acceptors (Lipinski definition) is 2. The van der Waals surface area contributed by atoms with Crippen LogP contribution in [-0.4, -0.2) is 17.4 Å². The first-order valence-corrected chi connectivity index (χ1v) is 7.67. The number of halogens is 1. The van der Waals surface area contributed by atoms with E-state index in [0.29, 0.717) is 5.69 Å². The molecule has 0 bridgehead atoms. The normalized spacial score (nSPS) is 11.9. The second kappa shape index (κ2) is 6.60. The van der Waals surface area contributed by atoms with Gasteiger partial charge in [-0.25, -0.2) is 0 Å². The van der Waals surface area contributed by atoms with E-state index in [1.807, 2.05) is 13.8 Å². The lowest BCUT2D eigenvalue weighted by molar-refractivity contribution is -0.137. The smallest absolute Gasteiger partial charge is 0.313 e. The monoisotopic (exact) mass is 354 g/mol. The third-order valence-electron chi connectivity index (χ3n) is 2.73. The topological polar surface area (TPSA) is 58.2 Å². The van der Waals surface area contributed by atoms with Crippen molar-refractivity contribution >= 4 is 33.4 Å². The molecule has 5 heteroatoms. The highest BCUT2D eigenvalue weighted by Gasteiger charge is 2.29. The Bertz CT molecular complexity index is 516. The molecule has 21 heavy (non-hydrogen) atoms. The van der Waals surface area contributed by atoms with Gasteiger partial charge in [0, 0.05) is 15.7 Å². The van der Waals surface area contributed by atoms with Crippen LogP contribution in [0.15, 0.2) is 28.7 Å². The van der Waals surface area contributed by atoms with Crippen LogP contribution in [0.1, 0.15) is 41.0 Å². The molecule has 0 aliphatic heterocycles. The molecule has 0 heterocycles. The number of carbonyl (C=O) groups is 2. The Balaban J connectivity index is 2.62. The summed E-state index contributed by atoms with van der Waals surface area (Å²) in [7, 11) is 0. The predicted molar refractivity (Wildman–Crippen MR) is 89.1 cm³/mol. The molecule has 4 nitrogen and oxygen atoms in total. The summed E-state index contributed by atoms with van der Waals surface area (Å²) in [5, 5.41) is 5.37. The van der Waals surface area contributed by atoms with Gasteiger partial charge in [0.2, 0.25) is 0 Å². The minimum Gasteiger partial charge on any atom is -0.343 e. The highest BCUT2D eigenvalue weighted by atomic mass is 79.9. The zero-order chi connectivity index (χ0) is 16.3. The Labute approximate surface area is 134 Å². The van der Waals surface area contributed by atoms with E-state index < -0.39 is 17.4 Å². The second-order valence-electron chi connectivity index (χ2n) is 7.04. The van der Waals surface area contributed by atoms with Crippen molar-refractivity contribution in [3.63, 3.8) is 0 Å². The van der Waals surface area contributed by atoms with Crippen LogP contribution in [-0.2, 0) is 9.59 Å². The maximum absolute atomic E-state index is 12.0. The van der Waals surface area contributed by atoms with E-state index in [4.69, 9.17) is 0 Å². The fourth-order valence-electron chi connectivity index (χ4n) is 2.46. The third-order valence-corrected chi connectivity index (χ3v) is 3.26. The molecule has 0 radical (unpaired) electrons.